The number of carboxylic acids is 1. The Morgan fingerprint density at radius 2 is 1.84 bits per heavy atom. The van der Waals surface area contributed by atoms with Crippen LogP contribution in [0.25, 0.3) is 0 Å². The van der Waals surface area contributed by atoms with Gasteiger partial charge in [0.1, 0.15) is 0 Å². The predicted octanol–water partition coefficient (Wildman–Crippen LogP) is 2.32. The van der Waals surface area contributed by atoms with E-state index in [0.29, 0.717) is 0 Å². The maximum atomic E-state index is 11.9. The highest BCUT2D eigenvalue weighted by Crippen LogP contribution is 2.21. The molecule has 5 nitrogen and oxygen atoms in total. The number of urea groups is 1. The Balaban J connectivity index is 4.50. The van der Waals surface area contributed by atoms with Gasteiger partial charge in [0.25, 0.3) is 0 Å². The number of carbonyl (C=O) groups is 2. The fourth-order valence-electron chi connectivity index (χ4n) is 1.60. The topological polar surface area (TPSA) is 78.4 Å². The number of thioether (sulfide) groups is 1. The molecule has 0 aromatic rings. The third-order valence-corrected chi connectivity index (χ3v) is 3.66. The molecule has 0 rings (SSSR count). The van der Waals surface area contributed by atoms with E-state index in [1.165, 1.54) is 0 Å². The van der Waals surface area contributed by atoms with Gasteiger partial charge in [-0.25, -0.2) is 4.79 Å². The summed E-state index contributed by atoms with van der Waals surface area (Å²) in [5.74, 6) is -0.0559. The molecule has 2 amide bonds. The third-order valence-electron chi connectivity index (χ3n) is 2.93. The molecule has 0 aromatic carbocycles. The molecular formula is C13H26N2O3S. The zero-order chi connectivity index (χ0) is 15.1. The van der Waals surface area contributed by atoms with Crippen molar-refractivity contribution in [1.82, 2.24) is 10.6 Å². The molecule has 0 saturated carbocycles. The van der Waals surface area contributed by atoms with E-state index in [1.807, 2.05) is 34.0 Å². The summed E-state index contributed by atoms with van der Waals surface area (Å²) in [6.07, 6.45) is 2.77. The van der Waals surface area contributed by atoms with Crippen molar-refractivity contribution in [2.45, 2.75) is 52.6 Å². The van der Waals surface area contributed by atoms with Gasteiger partial charge in [-0.05, 0) is 18.1 Å². The molecule has 112 valence electrons. The number of carbonyl (C=O) groups excluding carboxylic acids is 1. The van der Waals surface area contributed by atoms with E-state index in [1.54, 1.807) is 11.8 Å². The van der Waals surface area contributed by atoms with Crippen molar-refractivity contribution in [3.8, 4) is 0 Å². The van der Waals surface area contributed by atoms with E-state index in [-0.39, 0.29) is 23.9 Å². The Hall–Kier alpha value is -0.910. The van der Waals surface area contributed by atoms with Crippen LogP contribution < -0.4 is 10.6 Å². The molecule has 0 aliphatic carbocycles. The molecule has 0 saturated heterocycles. The van der Waals surface area contributed by atoms with Crippen molar-refractivity contribution in [3.63, 3.8) is 0 Å². The summed E-state index contributed by atoms with van der Waals surface area (Å²) in [5.41, 5.74) is -0.295. The van der Waals surface area contributed by atoms with Crippen LogP contribution in [0.2, 0.25) is 0 Å². The maximum Gasteiger partial charge on any atom is 0.315 e. The van der Waals surface area contributed by atoms with Gasteiger partial charge in [-0.2, -0.15) is 11.8 Å². The molecular weight excluding hydrogens is 264 g/mol. The minimum atomic E-state index is -0.906. The van der Waals surface area contributed by atoms with Crippen LogP contribution in [0.5, 0.6) is 0 Å². The minimum Gasteiger partial charge on any atom is -0.481 e. The molecule has 2 unspecified atom stereocenters. The van der Waals surface area contributed by atoms with E-state index in [9.17, 15) is 9.59 Å². The van der Waals surface area contributed by atoms with E-state index in [0.717, 1.165) is 12.2 Å². The molecule has 0 aliphatic heterocycles. The molecule has 0 fully saturated rings. The van der Waals surface area contributed by atoms with E-state index >= 15 is 0 Å². The number of nitrogens with one attached hydrogen (secondary N) is 2. The number of aliphatic carboxylic acids is 1. The summed E-state index contributed by atoms with van der Waals surface area (Å²) in [6, 6.07) is -0.570. The van der Waals surface area contributed by atoms with Gasteiger partial charge in [0, 0.05) is 17.8 Å². The van der Waals surface area contributed by atoms with E-state index in [2.05, 4.69) is 10.6 Å². The van der Waals surface area contributed by atoms with Gasteiger partial charge < -0.3 is 15.7 Å². The van der Waals surface area contributed by atoms with Crippen LogP contribution in [0.3, 0.4) is 0 Å². The Labute approximate surface area is 119 Å². The summed E-state index contributed by atoms with van der Waals surface area (Å²) >= 11 is 1.67. The highest BCUT2D eigenvalue weighted by atomic mass is 32.2. The summed E-state index contributed by atoms with van der Waals surface area (Å²) in [4.78, 5) is 22.7. The monoisotopic (exact) mass is 290 g/mol. The molecule has 0 aromatic heterocycles. The van der Waals surface area contributed by atoms with Crippen LogP contribution in [-0.4, -0.2) is 41.2 Å². The van der Waals surface area contributed by atoms with Gasteiger partial charge in [-0.3, -0.25) is 4.79 Å². The lowest BCUT2D eigenvalue weighted by atomic mass is 9.85. The van der Waals surface area contributed by atoms with Crippen LogP contribution in [0, 0.1) is 5.41 Å². The number of carboxylic acid groups (broad SMARTS) is 1. The first-order chi connectivity index (χ1) is 8.70. The summed E-state index contributed by atoms with van der Waals surface area (Å²) in [7, 11) is 0. The van der Waals surface area contributed by atoms with Crippen molar-refractivity contribution < 1.29 is 14.7 Å². The fourth-order valence-corrected chi connectivity index (χ4v) is 2.32. The highest BCUT2D eigenvalue weighted by molar-refractivity contribution is 7.98. The van der Waals surface area contributed by atoms with Crippen LogP contribution in [-0.2, 0) is 4.79 Å². The second-order valence-electron chi connectivity index (χ2n) is 5.69. The molecule has 19 heavy (non-hydrogen) atoms. The largest absolute Gasteiger partial charge is 0.481 e. The first kappa shape index (κ1) is 18.1. The average Bonchev–Trinajstić information content (AvgIpc) is 2.25. The van der Waals surface area contributed by atoms with Crippen LogP contribution >= 0.6 is 11.8 Å². The van der Waals surface area contributed by atoms with Gasteiger partial charge in [-0.1, -0.05) is 27.7 Å². The Morgan fingerprint density at radius 3 is 2.21 bits per heavy atom. The lowest BCUT2D eigenvalue weighted by Crippen LogP contribution is -2.51. The number of amides is 2. The smallest absolute Gasteiger partial charge is 0.315 e. The Bertz CT molecular complexity index is 303. The van der Waals surface area contributed by atoms with Gasteiger partial charge in [0.2, 0.25) is 0 Å². The number of rotatable bonds is 7. The van der Waals surface area contributed by atoms with E-state index < -0.39 is 12.0 Å². The lowest BCUT2D eigenvalue weighted by molar-refractivity contribution is -0.138. The number of hydrogen-bond acceptors (Lipinski definition) is 3. The molecule has 0 aliphatic rings. The highest BCUT2D eigenvalue weighted by Gasteiger charge is 2.28. The summed E-state index contributed by atoms with van der Waals surface area (Å²) in [5, 5.41) is 14.5. The molecule has 3 N–H and O–H groups in total. The van der Waals surface area contributed by atoms with Gasteiger partial charge >= 0.3 is 12.0 Å². The zero-order valence-corrected chi connectivity index (χ0v) is 13.3. The normalized spacial score (nSPS) is 14.6. The van der Waals surface area contributed by atoms with Gasteiger partial charge in [0.15, 0.2) is 0 Å². The van der Waals surface area contributed by atoms with Crippen LogP contribution in [0.4, 0.5) is 4.79 Å². The third kappa shape index (κ3) is 7.97. The first-order valence-electron chi connectivity index (χ1n) is 6.48. The molecule has 2 atom stereocenters. The first-order valence-corrected chi connectivity index (χ1v) is 7.87. The van der Waals surface area contributed by atoms with Crippen molar-refractivity contribution in [2.75, 3.05) is 12.0 Å². The number of hydrogen-bond donors (Lipinski definition) is 3. The molecule has 0 radical (unpaired) electrons. The van der Waals surface area contributed by atoms with Crippen molar-refractivity contribution in [3.05, 3.63) is 0 Å². The van der Waals surface area contributed by atoms with Crippen molar-refractivity contribution >= 4 is 23.8 Å². The summed E-state index contributed by atoms with van der Waals surface area (Å²) < 4.78 is 0. The molecule has 0 spiro atoms. The van der Waals surface area contributed by atoms with Crippen molar-refractivity contribution in [2.24, 2.45) is 5.41 Å². The van der Waals surface area contributed by atoms with Crippen LogP contribution in [0.1, 0.15) is 40.5 Å². The van der Waals surface area contributed by atoms with E-state index in [4.69, 9.17) is 5.11 Å². The SMILES string of the molecule is CCC(CSC)NC(=O)NC(CC(=O)O)C(C)(C)C. The Kier molecular flexibility index (Phi) is 7.90. The lowest BCUT2D eigenvalue weighted by Gasteiger charge is -2.31. The van der Waals surface area contributed by atoms with Gasteiger partial charge in [0.05, 0.1) is 6.42 Å². The van der Waals surface area contributed by atoms with Crippen molar-refractivity contribution in [1.29, 1.82) is 0 Å². The van der Waals surface area contributed by atoms with Crippen LogP contribution in [0.15, 0.2) is 0 Å². The minimum absolute atomic E-state index is 0.0732. The fraction of sp³-hybridized carbons (Fsp3) is 0.846. The summed E-state index contributed by atoms with van der Waals surface area (Å²) in [6.45, 7) is 7.76. The zero-order valence-electron chi connectivity index (χ0n) is 12.4. The van der Waals surface area contributed by atoms with Gasteiger partial charge in [-0.15, -0.1) is 0 Å². The quantitative estimate of drug-likeness (QED) is 0.672. The second kappa shape index (κ2) is 8.30. The predicted molar refractivity (Wildman–Crippen MR) is 79.6 cm³/mol. The molecule has 6 heteroatoms. The molecule has 0 bridgehead atoms. The molecule has 0 heterocycles. The average molecular weight is 290 g/mol. The standard InChI is InChI=1S/C13H26N2O3S/c1-6-9(8-19-5)14-12(18)15-10(7-11(16)17)13(2,3)4/h9-10H,6-8H2,1-5H3,(H,16,17)(H2,14,15,18). The second-order valence-corrected chi connectivity index (χ2v) is 6.61. The maximum absolute atomic E-state index is 11.9. The Morgan fingerprint density at radius 1 is 1.26 bits per heavy atom.